The molecule has 0 unspecified atom stereocenters. The summed E-state index contributed by atoms with van der Waals surface area (Å²) in [5.41, 5.74) is 0.622. The van der Waals surface area contributed by atoms with Crippen LogP contribution in [0, 0.1) is 10.1 Å². The van der Waals surface area contributed by atoms with E-state index in [-0.39, 0.29) is 22.4 Å². The highest BCUT2D eigenvalue weighted by Crippen LogP contribution is 2.38. The summed E-state index contributed by atoms with van der Waals surface area (Å²) in [5, 5.41) is 25.1. The molecule has 0 bridgehead atoms. The number of nitro groups is 1. The molecule has 4 aromatic rings. The van der Waals surface area contributed by atoms with Crippen LogP contribution >= 0.6 is 15.9 Å². The van der Waals surface area contributed by atoms with Crippen LogP contribution in [-0.2, 0) is 0 Å². The number of halogens is 1. The Balaban J connectivity index is 1.84. The summed E-state index contributed by atoms with van der Waals surface area (Å²) in [6.45, 7) is 0. The molecule has 3 heterocycles. The molecule has 0 saturated carbocycles. The van der Waals surface area contributed by atoms with Crippen molar-refractivity contribution in [2.75, 3.05) is 10.6 Å². The molecule has 0 aliphatic rings. The summed E-state index contributed by atoms with van der Waals surface area (Å²) in [4.78, 5) is 19.5. The number of rotatable bonds is 5. The predicted molar refractivity (Wildman–Crippen MR) is 101 cm³/mol. The Hall–Kier alpha value is -3.60. The number of pyridine rings is 2. The number of anilines is 4. The summed E-state index contributed by atoms with van der Waals surface area (Å²) in [6, 6.07) is 10.3. The molecular formula is C16H10BrN7O3. The Kier molecular flexibility index (Phi) is 4.34. The zero-order valence-corrected chi connectivity index (χ0v) is 15.0. The second-order valence-electron chi connectivity index (χ2n) is 5.37. The van der Waals surface area contributed by atoms with Crippen molar-refractivity contribution in [1.82, 2.24) is 20.3 Å². The van der Waals surface area contributed by atoms with E-state index < -0.39 is 4.92 Å². The van der Waals surface area contributed by atoms with Gasteiger partial charge in [-0.2, -0.15) is 0 Å². The van der Waals surface area contributed by atoms with Gasteiger partial charge in [-0.3, -0.25) is 10.1 Å². The summed E-state index contributed by atoms with van der Waals surface area (Å²) in [6.07, 6.45) is 3.20. The molecule has 27 heavy (non-hydrogen) atoms. The molecule has 0 radical (unpaired) electrons. The van der Waals surface area contributed by atoms with E-state index in [9.17, 15) is 10.1 Å². The van der Waals surface area contributed by atoms with Gasteiger partial charge in [-0.15, -0.1) is 0 Å². The molecule has 0 fully saturated rings. The van der Waals surface area contributed by atoms with E-state index in [1.165, 1.54) is 0 Å². The second kappa shape index (κ2) is 6.96. The standard InChI is InChI=1S/C16H10BrN7O3/c17-9-4-5-13(19-8-9)20-10-7-11(21-12-3-1-2-6-18-12)16(24(25)26)15-14(10)22-27-23-15/h1-8H,(H,18,21)(H,19,20). The quantitative estimate of drug-likeness (QED) is 0.355. The van der Waals surface area contributed by atoms with Crippen LogP contribution < -0.4 is 10.6 Å². The normalized spacial score (nSPS) is 10.7. The van der Waals surface area contributed by atoms with E-state index in [2.05, 4.69) is 46.8 Å². The van der Waals surface area contributed by atoms with Crippen molar-refractivity contribution in [3.8, 4) is 0 Å². The van der Waals surface area contributed by atoms with E-state index in [0.29, 0.717) is 17.3 Å². The van der Waals surface area contributed by atoms with Crippen LogP contribution in [0.2, 0.25) is 0 Å². The van der Waals surface area contributed by atoms with Gasteiger partial charge in [-0.25, -0.2) is 14.6 Å². The van der Waals surface area contributed by atoms with Crippen LogP contribution in [0.3, 0.4) is 0 Å². The molecule has 3 aromatic heterocycles. The van der Waals surface area contributed by atoms with E-state index >= 15 is 0 Å². The van der Waals surface area contributed by atoms with Crippen molar-refractivity contribution >= 4 is 55.7 Å². The minimum Gasteiger partial charge on any atom is -0.338 e. The van der Waals surface area contributed by atoms with Gasteiger partial charge in [0, 0.05) is 16.9 Å². The maximum absolute atomic E-state index is 11.6. The molecule has 0 amide bonds. The third-order valence-corrected chi connectivity index (χ3v) is 4.08. The fraction of sp³-hybridized carbons (Fsp3) is 0. The lowest BCUT2D eigenvalue weighted by Gasteiger charge is -2.10. The molecule has 0 spiro atoms. The average molecular weight is 428 g/mol. The molecule has 0 atom stereocenters. The van der Waals surface area contributed by atoms with Gasteiger partial charge in [0.05, 0.1) is 10.6 Å². The molecule has 11 heteroatoms. The number of hydrogen-bond donors (Lipinski definition) is 2. The Morgan fingerprint density at radius 3 is 2.48 bits per heavy atom. The van der Waals surface area contributed by atoms with Crippen molar-refractivity contribution in [1.29, 1.82) is 0 Å². The lowest BCUT2D eigenvalue weighted by atomic mass is 10.2. The Morgan fingerprint density at radius 1 is 1.00 bits per heavy atom. The molecule has 0 saturated heterocycles. The van der Waals surface area contributed by atoms with Gasteiger partial charge < -0.3 is 10.6 Å². The molecule has 10 nitrogen and oxygen atoms in total. The molecule has 4 rings (SSSR count). The molecular weight excluding hydrogens is 418 g/mol. The number of aromatic nitrogens is 4. The number of nitro benzene ring substituents is 1. The second-order valence-corrected chi connectivity index (χ2v) is 6.28. The van der Waals surface area contributed by atoms with Crippen LogP contribution in [0.1, 0.15) is 0 Å². The summed E-state index contributed by atoms with van der Waals surface area (Å²) >= 11 is 3.32. The van der Waals surface area contributed by atoms with Gasteiger partial charge >= 0.3 is 5.69 Å². The highest BCUT2D eigenvalue weighted by Gasteiger charge is 2.26. The average Bonchev–Trinajstić information content (AvgIpc) is 3.14. The van der Waals surface area contributed by atoms with Gasteiger partial charge in [0.1, 0.15) is 17.3 Å². The molecule has 134 valence electrons. The Morgan fingerprint density at radius 2 is 1.78 bits per heavy atom. The molecule has 0 aliphatic carbocycles. The van der Waals surface area contributed by atoms with Gasteiger partial charge in [-0.05, 0) is 56.6 Å². The Bertz CT molecular complexity index is 1120. The number of fused-ring (bicyclic) bond motifs is 1. The minimum absolute atomic E-state index is 0.0144. The van der Waals surface area contributed by atoms with Crippen molar-refractivity contribution in [2.45, 2.75) is 0 Å². The molecule has 0 aliphatic heterocycles. The fourth-order valence-electron chi connectivity index (χ4n) is 2.47. The van der Waals surface area contributed by atoms with Crippen molar-refractivity contribution in [3.05, 3.63) is 63.4 Å². The summed E-state index contributed by atoms with van der Waals surface area (Å²) in [5.74, 6) is 0.976. The molecule has 1 aromatic carbocycles. The first-order valence-electron chi connectivity index (χ1n) is 7.62. The monoisotopic (exact) mass is 427 g/mol. The van der Waals surface area contributed by atoms with Crippen molar-refractivity contribution < 1.29 is 9.55 Å². The van der Waals surface area contributed by atoms with Gasteiger partial charge in [-0.1, -0.05) is 6.07 Å². The zero-order valence-electron chi connectivity index (χ0n) is 13.5. The van der Waals surface area contributed by atoms with Crippen LogP contribution in [0.25, 0.3) is 11.0 Å². The van der Waals surface area contributed by atoms with Crippen LogP contribution in [-0.4, -0.2) is 25.2 Å². The predicted octanol–water partition coefficient (Wildman–Crippen LogP) is 4.17. The maximum Gasteiger partial charge on any atom is 0.324 e. The first kappa shape index (κ1) is 16.8. The number of nitrogens with one attached hydrogen (secondary N) is 2. The van der Waals surface area contributed by atoms with Crippen LogP contribution in [0.5, 0.6) is 0 Å². The third kappa shape index (κ3) is 3.40. The molecule has 2 N–H and O–H groups in total. The lowest BCUT2D eigenvalue weighted by Crippen LogP contribution is -2.02. The smallest absolute Gasteiger partial charge is 0.324 e. The van der Waals surface area contributed by atoms with E-state index in [0.717, 1.165) is 4.47 Å². The number of nitrogens with zero attached hydrogens (tertiary/aromatic N) is 5. The largest absolute Gasteiger partial charge is 0.338 e. The van der Waals surface area contributed by atoms with Crippen molar-refractivity contribution in [3.63, 3.8) is 0 Å². The number of benzene rings is 1. The van der Waals surface area contributed by atoms with Gasteiger partial charge in [0.25, 0.3) is 0 Å². The fourth-order valence-corrected chi connectivity index (χ4v) is 2.70. The highest BCUT2D eigenvalue weighted by molar-refractivity contribution is 9.10. The van der Waals surface area contributed by atoms with E-state index in [4.69, 9.17) is 4.63 Å². The first-order chi connectivity index (χ1) is 13.1. The number of hydrogen-bond acceptors (Lipinski definition) is 9. The highest BCUT2D eigenvalue weighted by atomic mass is 79.9. The van der Waals surface area contributed by atoms with Gasteiger partial charge in [0.2, 0.25) is 5.52 Å². The van der Waals surface area contributed by atoms with Crippen LogP contribution in [0.4, 0.5) is 28.7 Å². The van der Waals surface area contributed by atoms with Crippen molar-refractivity contribution in [2.24, 2.45) is 0 Å². The van der Waals surface area contributed by atoms with E-state index in [1.807, 2.05) is 6.07 Å². The summed E-state index contributed by atoms with van der Waals surface area (Å²) < 4.78 is 5.56. The maximum atomic E-state index is 11.6. The van der Waals surface area contributed by atoms with E-state index in [1.54, 1.807) is 42.7 Å². The zero-order chi connectivity index (χ0) is 18.8. The lowest BCUT2D eigenvalue weighted by molar-refractivity contribution is -0.382. The Labute approximate surface area is 159 Å². The first-order valence-corrected chi connectivity index (χ1v) is 8.41. The minimum atomic E-state index is -0.542. The van der Waals surface area contributed by atoms with Gasteiger partial charge in [0.15, 0.2) is 5.52 Å². The third-order valence-electron chi connectivity index (χ3n) is 3.61. The summed E-state index contributed by atoms with van der Waals surface area (Å²) in [7, 11) is 0. The topological polar surface area (TPSA) is 132 Å². The SMILES string of the molecule is O=[N+]([O-])c1c(Nc2ccccn2)cc(Nc2ccc(Br)cn2)c2nonc12. The van der Waals surface area contributed by atoms with Crippen LogP contribution in [0.15, 0.2) is 57.9 Å².